The fraction of sp³-hybridized carbons (Fsp3) is 0.240. The molecule has 0 aliphatic carbocycles. The number of carbonyl (C=O) groups excluding carboxylic acids is 1. The SMILES string of the molecule is Cc1ccc(NS(=O)(=O)c2cc(C(=O)N3c4ccccc4C[C@H]3C)ccc2C)c(C)c1. The lowest BCUT2D eigenvalue weighted by Crippen LogP contribution is -2.35. The van der Waals surface area contributed by atoms with Crippen molar-refractivity contribution in [2.24, 2.45) is 0 Å². The van der Waals surface area contributed by atoms with Gasteiger partial charge < -0.3 is 4.90 Å². The summed E-state index contributed by atoms with van der Waals surface area (Å²) in [5, 5.41) is 0. The van der Waals surface area contributed by atoms with Crippen LogP contribution in [0.3, 0.4) is 0 Å². The maximum atomic E-state index is 13.4. The highest BCUT2D eigenvalue weighted by atomic mass is 32.2. The smallest absolute Gasteiger partial charge is 0.262 e. The number of anilines is 2. The van der Waals surface area contributed by atoms with Crippen LogP contribution < -0.4 is 9.62 Å². The maximum Gasteiger partial charge on any atom is 0.262 e. The minimum absolute atomic E-state index is 0.0135. The number of sulfonamides is 1. The van der Waals surface area contributed by atoms with Crippen LogP contribution in [0, 0.1) is 20.8 Å². The third-order valence-corrected chi connectivity index (χ3v) is 7.28. The molecule has 1 N–H and O–H groups in total. The van der Waals surface area contributed by atoms with Crippen LogP contribution in [-0.2, 0) is 16.4 Å². The molecule has 160 valence electrons. The molecular weight excluding hydrogens is 408 g/mol. The number of aryl methyl sites for hydroxylation is 3. The Bertz CT molecular complexity index is 1280. The van der Waals surface area contributed by atoms with Crippen molar-refractivity contribution in [3.05, 3.63) is 88.5 Å². The van der Waals surface area contributed by atoms with Crippen LogP contribution in [0.2, 0.25) is 0 Å². The number of carbonyl (C=O) groups is 1. The van der Waals surface area contributed by atoms with Gasteiger partial charge in [0.05, 0.1) is 10.6 Å². The van der Waals surface area contributed by atoms with E-state index in [1.165, 1.54) is 6.07 Å². The Morgan fingerprint density at radius 3 is 2.45 bits per heavy atom. The molecule has 6 heteroatoms. The molecule has 5 nitrogen and oxygen atoms in total. The largest absolute Gasteiger partial charge is 0.305 e. The molecule has 3 aromatic rings. The Hall–Kier alpha value is -3.12. The number of amides is 1. The highest BCUT2D eigenvalue weighted by molar-refractivity contribution is 7.92. The van der Waals surface area contributed by atoms with Crippen molar-refractivity contribution in [1.29, 1.82) is 0 Å². The summed E-state index contributed by atoms with van der Waals surface area (Å²) in [4.78, 5) is 15.2. The zero-order valence-electron chi connectivity index (χ0n) is 18.1. The predicted octanol–water partition coefficient (Wildman–Crippen LogP) is 5.00. The lowest BCUT2D eigenvalue weighted by atomic mass is 10.1. The van der Waals surface area contributed by atoms with Gasteiger partial charge in [0, 0.05) is 17.3 Å². The van der Waals surface area contributed by atoms with Crippen LogP contribution in [0.1, 0.15) is 39.5 Å². The minimum atomic E-state index is -3.85. The number of rotatable bonds is 4. The zero-order chi connectivity index (χ0) is 22.3. The summed E-state index contributed by atoms with van der Waals surface area (Å²) in [6.45, 7) is 7.57. The Morgan fingerprint density at radius 1 is 0.968 bits per heavy atom. The number of nitrogens with zero attached hydrogens (tertiary/aromatic N) is 1. The molecule has 1 atom stereocenters. The summed E-state index contributed by atoms with van der Waals surface area (Å²) in [5.74, 6) is -0.194. The van der Waals surface area contributed by atoms with E-state index in [9.17, 15) is 13.2 Å². The summed E-state index contributed by atoms with van der Waals surface area (Å²) in [7, 11) is -3.85. The first kappa shape index (κ1) is 21.1. The molecule has 31 heavy (non-hydrogen) atoms. The van der Waals surface area contributed by atoms with Gasteiger partial charge in [0.1, 0.15) is 0 Å². The molecule has 0 radical (unpaired) electrons. The number of nitrogens with one attached hydrogen (secondary N) is 1. The summed E-state index contributed by atoms with van der Waals surface area (Å²) >= 11 is 0. The monoisotopic (exact) mass is 434 g/mol. The fourth-order valence-corrected chi connectivity index (χ4v) is 5.57. The molecule has 0 fully saturated rings. The Balaban J connectivity index is 1.69. The van der Waals surface area contributed by atoms with Crippen LogP contribution in [0.4, 0.5) is 11.4 Å². The average Bonchev–Trinajstić information content (AvgIpc) is 3.05. The number of fused-ring (bicyclic) bond motifs is 1. The number of hydrogen-bond donors (Lipinski definition) is 1. The third kappa shape index (κ3) is 3.95. The van der Waals surface area contributed by atoms with Crippen molar-refractivity contribution in [2.45, 2.75) is 45.1 Å². The van der Waals surface area contributed by atoms with Crippen molar-refractivity contribution >= 4 is 27.3 Å². The summed E-state index contributed by atoms with van der Waals surface area (Å²) in [5.41, 5.74) is 5.39. The summed E-state index contributed by atoms with van der Waals surface area (Å²) in [6, 6.07) is 18.3. The highest BCUT2D eigenvalue weighted by Crippen LogP contribution is 2.33. The summed E-state index contributed by atoms with van der Waals surface area (Å²) in [6.07, 6.45) is 0.785. The molecule has 0 bridgehead atoms. The Kier molecular flexibility index (Phi) is 5.35. The lowest BCUT2D eigenvalue weighted by molar-refractivity contribution is 0.0981. The van der Waals surface area contributed by atoms with E-state index in [0.29, 0.717) is 16.8 Å². The first-order valence-electron chi connectivity index (χ1n) is 10.3. The van der Waals surface area contributed by atoms with Crippen molar-refractivity contribution in [1.82, 2.24) is 0 Å². The van der Waals surface area contributed by atoms with Gasteiger partial charge in [-0.15, -0.1) is 0 Å². The van der Waals surface area contributed by atoms with Crippen molar-refractivity contribution in [3.8, 4) is 0 Å². The number of benzene rings is 3. The van der Waals surface area contributed by atoms with E-state index in [-0.39, 0.29) is 16.8 Å². The van der Waals surface area contributed by atoms with Crippen molar-refractivity contribution in [2.75, 3.05) is 9.62 Å². The van der Waals surface area contributed by atoms with Gasteiger partial charge in [0.15, 0.2) is 0 Å². The van der Waals surface area contributed by atoms with Crippen LogP contribution in [0.5, 0.6) is 0 Å². The molecule has 0 unspecified atom stereocenters. The zero-order valence-corrected chi connectivity index (χ0v) is 19.0. The van der Waals surface area contributed by atoms with E-state index in [1.54, 1.807) is 30.0 Å². The Morgan fingerprint density at radius 2 is 1.71 bits per heavy atom. The highest BCUT2D eigenvalue weighted by Gasteiger charge is 2.32. The molecule has 0 aromatic heterocycles. The molecule has 4 rings (SSSR count). The lowest BCUT2D eigenvalue weighted by Gasteiger charge is -2.23. The number of hydrogen-bond acceptors (Lipinski definition) is 3. The van der Waals surface area contributed by atoms with E-state index < -0.39 is 10.0 Å². The van der Waals surface area contributed by atoms with Crippen LogP contribution in [0.25, 0.3) is 0 Å². The molecule has 1 aliphatic heterocycles. The van der Waals surface area contributed by atoms with Gasteiger partial charge in [0.25, 0.3) is 15.9 Å². The predicted molar refractivity (Wildman–Crippen MR) is 124 cm³/mol. The number of para-hydroxylation sites is 1. The van der Waals surface area contributed by atoms with Crippen molar-refractivity contribution < 1.29 is 13.2 Å². The quantitative estimate of drug-likeness (QED) is 0.628. The molecule has 1 amide bonds. The van der Waals surface area contributed by atoms with Gasteiger partial charge >= 0.3 is 0 Å². The van der Waals surface area contributed by atoms with E-state index in [0.717, 1.165) is 28.8 Å². The molecule has 0 saturated carbocycles. The fourth-order valence-electron chi connectivity index (χ4n) is 4.16. The van der Waals surface area contributed by atoms with Crippen molar-refractivity contribution in [3.63, 3.8) is 0 Å². The topological polar surface area (TPSA) is 66.5 Å². The normalized spacial score (nSPS) is 15.6. The molecule has 0 spiro atoms. The van der Waals surface area contributed by atoms with Gasteiger partial charge in [-0.2, -0.15) is 0 Å². The molecule has 3 aromatic carbocycles. The maximum absolute atomic E-state index is 13.4. The summed E-state index contributed by atoms with van der Waals surface area (Å²) < 4.78 is 29.0. The van der Waals surface area contributed by atoms with Crippen LogP contribution >= 0.6 is 0 Å². The van der Waals surface area contributed by atoms with Gasteiger partial charge in [0.2, 0.25) is 0 Å². The van der Waals surface area contributed by atoms with E-state index in [1.807, 2.05) is 57.2 Å². The Labute approximate surface area is 183 Å². The van der Waals surface area contributed by atoms with E-state index >= 15 is 0 Å². The van der Waals surface area contributed by atoms with Gasteiger partial charge in [-0.05, 0) is 75.1 Å². The van der Waals surface area contributed by atoms with Gasteiger partial charge in [-0.3, -0.25) is 9.52 Å². The van der Waals surface area contributed by atoms with Crippen LogP contribution in [-0.4, -0.2) is 20.4 Å². The molecule has 1 heterocycles. The molecular formula is C25H26N2O3S. The second kappa shape index (κ2) is 7.85. The van der Waals surface area contributed by atoms with Crippen LogP contribution in [0.15, 0.2) is 65.6 Å². The minimum Gasteiger partial charge on any atom is -0.305 e. The standard InChI is InChI=1S/C25H26N2O3S/c1-16-9-12-22(18(3)13-16)26-31(29,30)24-15-21(11-10-17(24)2)25(28)27-19(4)14-20-7-5-6-8-23(20)27/h5-13,15,19,26H,14H2,1-4H3/t19-/m1/s1. The van der Waals surface area contributed by atoms with E-state index in [2.05, 4.69) is 4.72 Å². The van der Waals surface area contributed by atoms with E-state index in [4.69, 9.17) is 0 Å². The first-order chi connectivity index (χ1) is 14.7. The molecule has 0 saturated heterocycles. The van der Waals surface area contributed by atoms with Gasteiger partial charge in [-0.1, -0.05) is 42.0 Å². The average molecular weight is 435 g/mol. The first-order valence-corrected chi connectivity index (χ1v) is 11.8. The second-order valence-electron chi connectivity index (χ2n) is 8.26. The second-order valence-corrected chi connectivity index (χ2v) is 9.91. The van der Waals surface area contributed by atoms with Gasteiger partial charge in [-0.25, -0.2) is 8.42 Å². The molecule has 1 aliphatic rings. The third-order valence-electron chi connectivity index (χ3n) is 5.78.